The van der Waals surface area contributed by atoms with Crippen LogP contribution in [0.15, 0.2) is 42.5 Å². The zero-order valence-electron chi connectivity index (χ0n) is 14.4. The molecule has 0 aromatic heterocycles. The van der Waals surface area contributed by atoms with Crippen LogP contribution >= 0.6 is 0 Å². The molecule has 2 aromatic rings. The quantitative estimate of drug-likeness (QED) is 0.601. The van der Waals surface area contributed by atoms with Crippen molar-refractivity contribution in [2.24, 2.45) is 0 Å². The number of nitrogens with zero attached hydrogens (tertiary/aromatic N) is 3. The first-order valence-electron chi connectivity index (χ1n) is 7.88. The molecule has 1 heterocycles. The predicted octanol–water partition coefficient (Wildman–Crippen LogP) is 3.18. The number of amides is 3. The van der Waals surface area contributed by atoms with Gasteiger partial charge in [0.25, 0.3) is 5.91 Å². The average molecular weight is 385 g/mol. The maximum absolute atomic E-state index is 13.2. The summed E-state index contributed by atoms with van der Waals surface area (Å²) in [5.41, 5.74) is -1.65. The molecule has 1 saturated heterocycles. The van der Waals surface area contributed by atoms with Crippen molar-refractivity contribution in [2.45, 2.75) is 12.2 Å². The van der Waals surface area contributed by atoms with Crippen LogP contribution < -0.4 is 9.55 Å². The van der Waals surface area contributed by atoms with Crippen molar-refractivity contribution < 1.29 is 27.4 Å². The fourth-order valence-electron chi connectivity index (χ4n) is 2.99. The van der Waals surface area contributed by atoms with E-state index in [1.54, 1.807) is 0 Å². The Labute approximate surface area is 159 Å². The van der Waals surface area contributed by atoms with E-state index in [4.69, 9.17) is 13.3 Å². The molecular weight excluding hydrogens is 374 g/mol. The summed E-state index contributed by atoms with van der Waals surface area (Å²) in [4.78, 5) is 27.2. The van der Waals surface area contributed by atoms with Gasteiger partial charge in [0.1, 0.15) is 6.04 Å². The molecule has 10 heteroatoms. The summed E-state index contributed by atoms with van der Waals surface area (Å²) in [6.45, 7) is 0. The summed E-state index contributed by atoms with van der Waals surface area (Å²) in [7, 11) is 6.41. The molecule has 140 valence electrons. The fraction of sp³-hybridized carbons (Fsp3) is 0.167. The molecule has 1 atom stereocenters. The van der Waals surface area contributed by atoms with E-state index >= 15 is 0 Å². The molecule has 2 radical (unpaired) electrons. The Kier molecular flexibility index (Phi) is 4.77. The summed E-state index contributed by atoms with van der Waals surface area (Å²) < 4.78 is 44.2. The molecule has 0 aliphatic carbocycles. The second kappa shape index (κ2) is 6.92. The number of hydrogen-bond acceptors (Lipinski definition) is 4. The largest absolute Gasteiger partial charge is 0.568 e. The number of hydrogen-bond donors (Lipinski definition) is 0. The second-order valence-corrected chi connectivity index (χ2v) is 6.00. The number of anilines is 1. The number of imide groups is 1. The Morgan fingerprint density at radius 3 is 2.32 bits per heavy atom. The number of halogens is 3. The van der Waals surface area contributed by atoms with Crippen LogP contribution in [0.2, 0.25) is 0 Å². The van der Waals surface area contributed by atoms with Gasteiger partial charge in [-0.25, -0.2) is 9.69 Å². The van der Waals surface area contributed by atoms with Gasteiger partial charge in [0, 0.05) is 7.05 Å². The second-order valence-electron chi connectivity index (χ2n) is 6.00. The Bertz CT molecular complexity index is 986. The fourth-order valence-corrected chi connectivity index (χ4v) is 2.99. The van der Waals surface area contributed by atoms with E-state index in [1.807, 2.05) is 0 Å². The van der Waals surface area contributed by atoms with Crippen molar-refractivity contribution >= 4 is 25.7 Å². The van der Waals surface area contributed by atoms with Gasteiger partial charge in [0.05, 0.1) is 28.6 Å². The number of alkyl halides is 3. The van der Waals surface area contributed by atoms with Gasteiger partial charge in [0.15, 0.2) is 0 Å². The maximum atomic E-state index is 13.2. The number of benzene rings is 2. The van der Waals surface area contributed by atoms with Crippen LogP contribution in [0.1, 0.15) is 22.7 Å². The monoisotopic (exact) mass is 385 g/mol. The highest BCUT2D eigenvalue weighted by molar-refractivity contribution is 6.21. The van der Waals surface area contributed by atoms with E-state index in [2.05, 4.69) is 4.65 Å². The van der Waals surface area contributed by atoms with E-state index < -0.39 is 35.3 Å². The molecule has 6 nitrogen and oxygen atoms in total. The smallest absolute Gasteiger partial charge is 0.417 e. The van der Waals surface area contributed by atoms with Gasteiger partial charge in [0.2, 0.25) is 0 Å². The van der Waals surface area contributed by atoms with Crippen molar-refractivity contribution in [3.63, 3.8) is 0 Å². The van der Waals surface area contributed by atoms with Crippen molar-refractivity contribution in [2.75, 3.05) is 11.9 Å². The number of urea groups is 1. The summed E-state index contributed by atoms with van der Waals surface area (Å²) in [6, 6.07) is 8.37. The van der Waals surface area contributed by atoms with Crippen LogP contribution in [0.3, 0.4) is 0 Å². The zero-order chi connectivity index (χ0) is 20.6. The van der Waals surface area contributed by atoms with Crippen LogP contribution in [-0.4, -0.2) is 31.9 Å². The van der Waals surface area contributed by atoms with Crippen LogP contribution in [0.5, 0.6) is 5.75 Å². The van der Waals surface area contributed by atoms with Crippen LogP contribution in [0.4, 0.5) is 23.7 Å². The van der Waals surface area contributed by atoms with E-state index in [0.29, 0.717) is 22.3 Å². The summed E-state index contributed by atoms with van der Waals surface area (Å²) in [5, 5.41) is 8.89. The molecule has 0 saturated carbocycles. The van der Waals surface area contributed by atoms with E-state index in [9.17, 15) is 22.8 Å². The van der Waals surface area contributed by atoms with Gasteiger partial charge in [-0.2, -0.15) is 18.4 Å². The van der Waals surface area contributed by atoms with Gasteiger partial charge in [-0.3, -0.25) is 4.79 Å². The van der Waals surface area contributed by atoms with Crippen LogP contribution in [-0.2, 0) is 11.0 Å². The topological polar surface area (TPSA) is 73.6 Å². The first-order chi connectivity index (χ1) is 13.2. The predicted molar refractivity (Wildman–Crippen MR) is 92.4 cm³/mol. The lowest BCUT2D eigenvalue weighted by Gasteiger charge is -2.16. The molecule has 1 aliphatic heterocycles. The van der Waals surface area contributed by atoms with Crippen molar-refractivity contribution in [1.82, 2.24) is 4.90 Å². The molecular formula is C18H11BF3N3O3. The summed E-state index contributed by atoms with van der Waals surface area (Å²) >= 11 is 0. The standard InChI is InChI=1S/C18H11BF3N3O3/c1-24-15(10-3-6-13(28-19)7-4-10)16(26)25(17(24)27)12-5-2-11(9-23)14(8-12)18(20,21)22/h2-8,15H,1H3. The van der Waals surface area contributed by atoms with Gasteiger partial charge in [-0.15, -0.1) is 0 Å². The summed E-state index contributed by atoms with van der Waals surface area (Å²) in [5.74, 6) is -0.381. The van der Waals surface area contributed by atoms with Crippen molar-refractivity contribution in [3.8, 4) is 11.8 Å². The van der Waals surface area contributed by atoms with Crippen LogP contribution in [0, 0.1) is 11.3 Å². The molecule has 2 aromatic carbocycles. The minimum absolute atomic E-state index is 0.266. The van der Waals surface area contributed by atoms with Crippen molar-refractivity contribution in [1.29, 1.82) is 5.26 Å². The Balaban J connectivity index is 2.03. The van der Waals surface area contributed by atoms with E-state index in [1.165, 1.54) is 37.4 Å². The molecule has 1 unspecified atom stereocenters. The first-order valence-corrected chi connectivity index (χ1v) is 7.88. The van der Waals surface area contributed by atoms with Gasteiger partial charge >= 0.3 is 20.3 Å². The highest BCUT2D eigenvalue weighted by Crippen LogP contribution is 2.38. The number of carbonyl (C=O) groups excluding carboxylic acids is 2. The number of carbonyl (C=O) groups is 2. The lowest BCUT2D eigenvalue weighted by molar-refractivity contribution is -0.137. The molecule has 0 N–H and O–H groups in total. The molecule has 28 heavy (non-hydrogen) atoms. The Morgan fingerprint density at radius 2 is 1.79 bits per heavy atom. The third kappa shape index (κ3) is 3.15. The minimum atomic E-state index is -4.81. The molecule has 1 fully saturated rings. The Morgan fingerprint density at radius 1 is 1.14 bits per heavy atom. The third-order valence-electron chi connectivity index (χ3n) is 4.35. The minimum Gasteiger partial charge on any atom is -0.568 e. The SMILES string of the molecule is [B]Oc1ccc(C2C(=O)N(c3ccc(C#N)c(C(F)(F)F)c3)C(=O)N2C)cc1. The summed E-state index contributed by atoms with van der Waals surface area (Å²) in [6.07, 6.45) is -4.81. The lowest BCUT2D eigenvalue weighted by atomic mass is 10.0. The average Bonchev–Trinajstić information content (AvgIpc) is 2.89. The highest BCUT2D eigenvalue weighted by Gasteiger charge is 2.45. The van der Waals surface area contributed by atoms with E-state index in [-0.39, 0.29) is 5.69 Å². The van der Waals surface area contributed by atoms with Crippen molar-refractivity contribution in [3.05, 3.63) is 59.2 Å². The molecule has 0 spiro atoms. The number of rotatable bonds is 3. The molecule has 1 aliphatic rings. The maximum Gasteiger partial charge on any atom is 0.417 e. The first kappa shape index (κ1) is 19.3. The zero-order valence-corrected chi connectivity index (χ0v) is 14.4. The molecule has 0 bridgehead atoms. The highest BCUT2D eigenvalue weighted by atomic mass is 19.4. The Hall–Kier alpha value is -3.48. The van der Waals surface area contributed by atoms with Gasteiger partial charge in [-0.1, -0.05) is 12.1 Å². The lowest BCUT2D eigenvalue weighted by Crippen LogP contribution is -2.31. The number of likely N-dealkylation sites (N-methyl/N-ethyl adjacent to an activating group) is 1. The molecule has 3 rings (SSSR count). The normalized spacial score (nSPS) is 17.0. The molecule has 3 amide bonds. The third-order valence-corrected chi connectivity index (χ3v) is 4.35. The van der Waals surface area contributed by atoms with Gasteiger partial charge in [-0.05, 0) is 35.9 Å². The number of nitriles is 1. The van der Waals surface area contributed by atoms with E-state index in [0.717, 1.165) is 17.0 Å². The van der Waals surface area contributed by atoms with Gasteiger partial charge < -0.3 is 9.55 Å². The van der Waals surface area contributed by atoms with Crippen LogP contribution in [0.25, 0.3) is 0 Å².